The van der Waals surface area contributed by atoms with Crippen molar-refractivity contribution in [3.8, 4) is 0 Å². The smallest absolute Gasteiger partial charge is 0.00258 e. The van der Waals surface area contributed by atoms with Gasteiger partial charge in [0.15, 0.2) is 0 Å². The van der Waals surface area contributed by atoms with Gasteiger partial charge in [0.05, 0.1) is 0 Å². The molecule has 0 atom stereocenters. The minimum atomic E-state index is 0.250. The monoisotopic (exact) mass is 100 g/mol. The van der Waals surface area contributed by atoms with E-state index < -0.39 is 0 Å². The second kappa shape index (κ2) is 2.31. The van der Waals surface area contributed by atoms with E-state index in [9.17, 15) is 0 Å². The van der Waals surface area contributed by atoms with E-state index in [2.05, 4.69) is 20.8 Å². The first-order valence-electron chi connectivity index (χ1n) is 2.62. The summed E-state index contributed by atoms with van der Waals surface area (Å²) in [4.78, 5) is 0. The van der Waals surface area contributed by atoms with Crippen LogP contribution in [0.25, 0.3) is 0 Å². The maximum Gasteiger partial charge on any atom is -0.00258 e. The van der Waals surface area contributed by atoms with Gasteiger partial charge in [-0.15, -0.1) is 0 Å². The van der Waals surface area contributed by atoms with Gasteiger partial charge in [0.1, 0.15) is 0 Å². The van der Waals surface area contributed by atoms with Gasteiger partial charge in [-0.25, -0.2) is 0 Å². The fraction of sp³-hybridized carbons (Fsp3) is 0.833. The van der Waals surface area contributed by atoms with E-state index in [0.717, 1.165) is 13.0 Å². The lowest BCUT2D eigenvalue weighted by Gasteiger charge is -2.18. The molecule has 0 rings (SSSR count). The molecule has 0 aromatic rings. The Bertz CT molecular complexity index is 42.1. The molecule has 0 saturated carbocycles. The van der Waals surface area contributed by atoms with Gasteiger partial charge in [0.2, 0.25) is 0 Å². The van der Waals surface area contributed by atoms with E-state index in [-0.39, 0.29) is 5.41 Å². The molecule has 0 aliphatic heterocycles. The average Bonchev–Trinajstić information content (AvgIpc) is 1.68. The van der Waals surface area contributed by atoms with Crippen LogP contribution in [0, 0.1) is 12.3 Å². The molecule has 0 aliphatic carbocycles. The normalized spacial score (nSPS) is 12.0. The SMILES string of the molecule is [CH2]CC(C)(C)CN. The molecule has 0 aliphatic rings. The highest BCUT2D eigenvalue weighted by Gasteiger charge is 2.10. The zero-order valence-electron chi connectivity index (χ0n) is 5.20. The Labute approximate surface area is 45.9 Å². The van der Waals surface area contributed by atoms with Crippen LogP contribution in [0.3, 0.4) is 0 Å². The zero-order chi connectivity index (χ0) is 5.91. The van der Waals surface area contributed by atoms with Gasteiger partial charge in [-0.2, -0.15) is 0 Å². The third-order valence-electron chi connectivity index (χ3n) is 1.23. The molecule has 0 bridgehead atoms. The molecule has 1 radical (unpaired) electrons. The van der Waals surface area contributed by atoms with Crippen LogP contribution in [0.2, 0.25) is 0 Å². The fourth-order valence-corrected chi connectivity index (χ4v) is 0.102. The largest absolute Gasteiger partial charge is 0.330 e. The molecular weight excluding hydrogens is 86.1 g/mol. The second-order valence-electron chi connectivity index (χ2n) is 2.62. The first kappa shape index (κ1) is 6.96. The van der Waals surface area contributed by atoms with Crippen LogP contribution < -0.4 is 5.73 Å². The summed E-state index contributed by atoms with van der Waals surface area (Å²) in [7, 11) is 0. The summed E-state index contributed by atoms with van der Waals surface area (Å²) < 4.78 is 0. The molecular formula is C6H14N. The van der Waals surface area contributed by atoms with E-state index in [1.807, 2.05) is 0 Å². The van der Waals surface area contributed by atoms with Gasteiger partial charge in [-0.05, 0) is 18.4 Å². The Morgan fingerprint density at radius 3 is 2.00 bits per heavy atom. The summed E-state index contributed by atoms with van der Waals surface area (Å²) in [6, 6.07) is 0. The predicted molar refractivity (Wildman–Crippen MR) is 32.8 cm³/mol. The Balaban J connectivity index is 3.36. The van der Waals surface area contributed by atoms with Crippen molar-refractivity contribution >= 4 is 0 Å². The Morgan fingerprint density at radius 2 is 2.00 bits per heavy atom. The van der Waals surface area contributed by atoms with Crippen molar-refractivity contribution in [1.29, 1.82) is 0 Å². The van der Waals surface area contributed by atoms with Gasteiger partial charge < -0.3 is 5.73 Å². The van der Waals surface area contributed by atoms with Crippen molar-refractivity contribution in [3.63, 3.8) is 0 Å². The van der Waals surface area contributed by atoms with Crippen LogP contribution in [-0.2, 0) is 0 Å². The maximum absolute atomic E-state index is 5.38. The lowest BCUT2D eigenvalue weighted by atomic mass is 9.91. The number of hydrogen-bond donors (Lipinski definition) is 1. The van der Waals surface area contributed by atoms with Crippen LogP contribution in [0.15, 0.2) is 0 Å². The first-order chi connectivity index (χ1) is 3.12. The summed E-state index contributed by atoms with van der Waals surface area (Å²) in [5, 5.41) is 0. The summed E-state index contributed by atoms with van der Waals surface area (Å²) >= 11 is 0. The zero-order valence-corrected chi connectivity index (χ0v) is 5.20. The van der Waals surface area contributed by atoms with Crippen LogP contribution >= 0.6 is 0 Å². The lowest BCUT2D eigenvalue weighted by Crippen LogP contribution is -2.22. The van der Waals surface area contributed by atoms with Gasteiger partial charge in [-0.3, -0.25) is 0 Å². The average molecular weight is 100 g/mol. The van der Waals surface area contributed by atoms with E-state index in [0.29, 0.717) is 0 Å². The Hall–Kier alpha value is -0.0400. The van der Waals surface area contributed by atoms with Gasteiger partial charge >= 0.3 is 0 Å². The summed E-state index contributed by atoms with van der Waals surface area (Å²) in [5.41, 5.74) is 5.63. The van der Waals surface area contributed by atoms with Crippen molar-refractivity contribution < 1.29 is 0 Å². The van der Waals surface area contributed by atoms with Crippen molar-refractivity contribution in [2.45, 2.75) is 20.3 Å². The first-order valence-corrected chi connectivity index (χ1v) is 2.62. The molecule has 0 fully saturated rings. The third-order valence-corrected chi connectivity index (χ3v) is 1.23. The Kier molecular flexibility index (Phi) is 2.30. The van der Waals surface area contributed by atoms with Crippen LogP contribution in [0.5, 0.6) is 0 Å². The molecule has 1 nitrogen and oxygen atoms in total. The maximum atomic E-state index is 5.38. The summed E-state index contributed by atoms with van der Waals surface area (Å²) in [6.07, 6.45) is 0.920. The molecule has 0 unspecified atom stereocenters. The number of hydrogen-bond acceptors (Lipinski definition) is 1. The highest BCUT2D eigenvalue weighted by molar-refractivity contribution is 4.69. The van der Waals surface area contributed by atoms with Crippen molar-refractivity contribution in [2.75, 3.05) is 6.54 Å². The molecule has 0 saturated heterocycles. The summed E-state index contributed by atoms with van der Waals surface area (Å²) in [6.45, 7) is 8.70. The number of nitrogens with two attached hydrogens (primary N) is 1. The Morgan fingerprint density at radius 1 is 1.57 bits per heavy atom. The molecule has 0 amide bonds. The second-order valence-corrected chi connectivity index (χ2v) is 2.62. The summed E-state index contributed by atoms with van der Waals surface area (Å²) in [5.74, 6) is 0. The van der Waals surface area contributed by atoms with Crippen molar-refractivity contribution in [2.24, 2.45) is 11.1 Å². The van der Waals surface area contributed by atoms with E-state index in [4.69, 9.17) is 5.73 Å². The highest BCUT2D eigenvalue weighted by Crippen LogP contribution is 2.15. The van der Waals surface area contributed by atoms with Gasteiger partial charge in [0, 0.05) is 0 Å². The molecule has 1 heteroatoms. The topological polar surface area (TPSA) is 26.0 Å². The molecule has 7 heavy (non-hydrogen) atoms. The molecule has 0 aromatic carbocycles. The van der Waals surface area contributed by atoms with Crippen LogP contribution in [-0.4, -0.2) is 6.54 Å². The minimum absolute atomic E-state index is 0.250. The number of rotatable bonds is 2. The molecule has 43 valence electrons. The molecule has 0 heterocycles. The van der Waals surface area contributed by atoms with E-state index in [1.165, 1.54) is 0 Å². The highest BCUT2D eigenvalue weighted by atomic mass is 14.6. The van der Waals surface area contributed by atoms with Crippen LogP contribution in [0.4, 0.5) is 0 Å². The van der Waals surface area contributed by atoms with Gasteiger partial charge in [0.25, 0.3) is 0 Å². The minimum Gasteiger partial charge on any atom is -0.330 e. The van der Waals surface area contributed by atoms with Crippen molar-refractivity contribution in [3.05, 3.63) is 6.92 Å². The van der Waals surface area contributed by atoms with Crippen molar-refractivity contribution in [1.82, 2.24) is 0 Å². The van der Waals surface area contributed by atoms with E-state index >= 15 is 0 Å². The predicted octanol–water partition coefficient (Wildman–Crippen LogP) is 1.20. The van der Waals surface area contributed by atoms with Gasteiger partial charge in [-0.1, -0.05) is 20.8 Å². The lowest BCUT2D eigenvalue weighted by molar-refractivity contribution is 0.383. The molecule has 0 aromatic heterocycles. The van der Waals surface area contributed by atoms with E-state index in [1.54, 1.807) is 0 Å². The standard InChI is InChI=1S/C6H14N/c1-4-6(2,3)5-7/h1,4-5,7H2,2-3H3. The molecule has 2 N–H and O–H groups in total. The quantitative estimate of drug-likeness (QED) is 0.554. The third kappa shape index (κ3) is 2.63. The fourth-order valence-electron chi connectivity index (χ4n) is 0.102. The van der Waals surface area contributed by atoms with Crippen LogP contribution in [0.1, 0.15) is 20.3 Å². The molecule has 0 spiro atoms.